The molecule has 0 saturated carbocycles. The van der Waals surface area contributed by atoms with Gasteiger partial charge in [-0.3, -0.25) is 0 Å². The first-order chi connectivity index (χ1) is 6.41. The number of hydrogen-bond acceptors (Lipinski definition) is 1. The lowest BCUT2D eigenvalue weighted by molar-refractivity contribution is -0.203. The molecule has 0 aliphatic carbocycles. The summed E-state index contributed by atoms with van der Waals surface area (Å²) in [4.78, 5) is 0. The van der Waals surface area contributed by atoms with Gasteiger partial charge in [0.15, 0.2) is 6.10 Å². The number of halogens is 4. The monoisotopic (exact) mass is 268 g/mol. The summed E-state index contributed by atoms with van der Waals surface area (Å²) in [5, 5.41) is 8.82. The molecule has 0 aliphatic heterocycles. The SMILES string of the molecule is OC(Cc1ccccc1Br)C(F)(F)F. The van der Waals surface area contributed by atoms with Crippen molar-refractivity contribution in [3.8, 4) is 0 Å². The predicted octanol–water partition coefficient (Wildman–Crippen LogP) is 2.91. The summed E-state index contributed by atoms with van der Waals surface area (Å²) < 4.78 is 36.6. The van der Waals surface area contributed by atoms with E-state index in [9.17, 15) is 13.2 Å². The van der Waals surface area contributed by atoms with Crippen LogP contribution in [0.15, 0.2) is 28.7 Å². The lowest BCUT2D eigenvalue weighted by Crippen LogP contribution is -2.30. The van der Waals surface area contributed by atoms with E-state index < -0.39 is 18.7 Å². The Morgan fingerprint density at radius 1 is 1.29 bits per heavy atom. The van der Waals surface area contributed by atoms with Crippen LogP contribution in [-0.4, -0.2) is 17.4 Å². The third-order valence-corrected chi connectivity index (χ3v) is 2.52. The lowest BCUT2D eigenvalue weighted by atomic mass is 10.1. The van der Waals surface area contributed by atoms with Crippen LogP contribution >= 0.6 is 15.9 Å². The molecule has 0 amide bonds. The molecule has 0 aromatic heterocycles. The highest BCUT2D eigenvalue weighted by atomic mass is 79.9. The molecule has 0 aliphatic rings. The van der Waals surface area contributed by atoms with Crippen LogP contribution in [0.25, 0.3) is 0 Å². The third kappa shape index (κ3) is 2.99. The molecule has 1 N–H and O–H groups in total. The highest BCUT2D eigenvalue weighted by Crippen LogP contribution is 2.25. The van der Waals surface area contributed by atoms with E-state index in [1.807, 2.05) is 0 Å². The number of hydrogen-bond donors (Lipinski definition) is 1. The predicted molar refractivity (Wildman–Crippen MR) is 49.9 cm³/mol. The topological polar surface area (TPSA) is 20.2 Å². The second-order valence-electron chi connectivity index (χ2n) is 2.85. The Kier molecular flexibility index (Phi) is 3.55. The number of aliphatic hydroxyl groups excluding tert-OH is 1. The molecule has 1 nitrogen and oxygen atoms in total. The second-order valence-corrected chi connectivity index (χ2v) is 3.71. The first kappa shape index (κ1) is 11.5. The van der Waals surface area contributed by atoms with Gasteiger partial charge in [0.1, 0.15) is 0 Å². The molecule has 1 rings (SSSR count). The van der Waals surface area contributed by atoms with Gasteiger partial charge in [-0.05, 0) is 11.6 Å². The van der Waals surface area contributed by atoms with Gasteiger partial charge in [0.05, 0.1) is 0 Å². The molecule has 14 heavy (non-hydrogen) atoms. The highest BCUT2D eigenvalue weighted by molar-refractivity contribution is 9.10. The second kappa shape index (κ2) is 4.31. The number of alkyl halides is 3. The average molecular weight is 269 g/mol. The van der Waals surface area contributed by atoms with E-state index >= 15 is 0 Å². The van der Waals surface area contributed by atoms with E-state index in [-0.39, 0.29) is 0 Å². The summed E-state index contributed by atoms with van der Waals surface area (Å²) in [5.41, 5.74) is 0.442. The molecule has 1 unspecified atom stereocenters. The maximum Gasteiger partial charge on any atom is 0.414 e. The Morgan fingerprint density at radius 3 is 2.36 bits per heavy atom. The van der Waals surface area contributed by atoms with Crippen molar-refractivity contribution in [1.82, 2.24) is 0 Å². The molecule has 1 aromatic carbocycles. The van der Waals surface area contributed by atoms with Crippen LogP contribution in [0.1, 0.15) is 5.56 Å². The van der Waals surface area contributed by atoms with Gasteiger partial charge in [0.2, 0.25) is 0 Å². The van der Waals surface area contributed by atoms with Gasteiger partial charge >= 0.3 is 6.18 Å². The minimum absolute atomic E-state index is 0.426. The van der Waals surface area contributed by atoms with Gasteiger partial charge in [-0.15, -0.1) is 0 Å². The molecule has 5 heteroatoms. The van der Waals surface area contributed by atoms with Gasteiger partial charge in [-0.2, -0.15) is 13.2 Å². The lowest BCUT2D eigenvalue weighted by Gasteiger charge is -2.14. The minimum atomic E-state index is -4.56. The first-order valence-corrected chi connectivity index (χ1v) is 4.68. The summed E-state index contributed by atoms with van der Waals surface area (Å²) in [6.07, 6.45) is -7.29. The summed E-state index contributed by atoms with van der Waals surface area (Å²) in [7, 11) is 0. The van der Waals surface area contributed by atoms with E-state index in [4.69, 9.17) is 5.11 Å². The van der Waals surface area contributed by atoms with E-state index in [0.717, 1.165) is 0 Å². The smallest absolute Gasteiger partial charge is 0.383 e. The standard InChI is InChI=1S/C9H8BrF3O/c10-7-4-2-1-3-6(7)5-8(14)9(11,12)13/h1-4,8,14H,5H2. The molecule has 78 valence electrons. The number of rotatable bonds is 2. The van der Waals surface area contributed by atoms with Crippen molar-refractivity contribution in [2.24, 2.45) is 0 Å². The van der Waals surface area contributed by atoms with Crippen LogP contribution in [-0.2, 0) is 6.42 Å². The minimum Gasteiger partial charge on any atom is -0.383 e. The molecular formula is C9H8BrF3O. The Balaban J connectivity index is 2.75. The quantitative estimate of drug-likeness (QED) is 0.875. The fourth-order valence-corrected chi connectivity index (χ4v) is 1.43. The normalized spacial score (nSPS) is 14.1. The number of aliphatic hydroxyl groups is 1. The zero-order valence-electron chi connectivity index (χ0n) is 7.05. The molecule has 1 aromatic rings. The molecular weight excluding hydrogens is 261 g/mol. The van der Waals surface area contributed by atoms with Crippen LogP contribution in [0.3, 0.4) is 0 Å². The third-order valence-electron chi connectivity index (χ3n) is 1.75. The fraction of sp³-hybridized carbons (Fsp3) is 0.333. The molecule has 0 heterocycles. The van der Waals surface area contributed by atoms with Crippen molar-refractivity contribution < 1.29 is 18.3 Å². The highest BCUT2D eigenvalue weighted by Gasteiger charge is 2.38. The zero-order valence-corrected chi connectivity index (χ0v) is 8.64. The van der Waals surface area contributed by atoms with Crippen molar-refractivity contribution in [1.29, 1.82) is 0 Å². The van der Waals surface area contributed by atoms with Crippen LogP contribution in [0.4, 0.5) is 13.2 Å². The molecule has 0 fully saturated rings. The van der Waals surface area contributed by atoms with E-state index in [2.05, 4.69) is 15.9 Å². The van der Waals surface area contributed by atoms with Crippen LogP contribution in [0, 0.1) is 0 Å². The first-order valence-electron chi connectivity index (χ1n) is 3.89. The van der Waals surface area contributed by atoms with Crippen LogP contribution < -0.4 is 0 Å². The van der Waals surface area contributed by atoms with Crippen molar-refractivity contribution in [2.45, 2.75) is 18.7 Å². The maximum atomic E-state index is 12.0. The Morgan fingerprint density at radius 2 is 1.86 bits per heavy atom. The van der Waals surface area contributed by atoms with E-state index in [0.29, 0.717) is 10.0 Å². The molecule has 1 atom stereocenters. The van der Waals surface area contributed by atoms with E-state index in [1.54, 1.807) is 24.3 Å². The summed E-state index contributed by atoms with van der Waals surface area (Å²) in [5.74, 6) is 0. The molecule has 0 spiro atoms. The van der Waals surface area contributed by atoms with Gasteiger partial charge in [-0.25, -0.2) is 0 Å². The van der Waals surface area contributed by atoms with Gasteiger partial charge < -0.3 is 5.11 Å². The Bertz CT molecular complexity index is 311. The van der Waals surface area contributed by atoms with Crippen molar-refractivity contribution in [2.75, 3.05) is 0 Å². The van der Waals surface area contributed by atoms with Crippen LogP contribution in [0.2, 0.25) is 0 Å². The van der Waals surface area contributed by atoms with E-state index in [1.165, 1.54) is 0 Å². The van der Waals surface area contributed by atoms with Crippen LogP contribution in [0.5, 0.6) is 0 Å². The number of benzene rings is 1. The Hall–Kier alpha value is -0.550. The zero-order chi connectivity index (χ0) is 10.8. The van der Waals surface area contributed by atoms with Crippen molar-refractivity contribution in [3.05, 3.63) is 34.3 Å². The summed E-state index contributed by atoms with van der Waals surface area (Å²) in [6, 6.07) is 6.51. The van der Waals surface area contributed by atoms with Crippen molar-refractivity contribution in [3.63, 3.8) is 0 Å². The fourth-order valence-electron chi connectivity index (χ4n) is 0.988. The molecule has 0 saturated heterocycles. The molecule has 0 radical (unpaired) electrons. The Labute approximate surface area is 87.7 Å². The molecule has 0 bridgehead atoms. The van der Waals surface area contributed by atoms with Gasteiger partial charge in [0, 0.05) is 10.9 Å². The maximum absolute atomic E-state index is 12.0. The average Bonchev–Trinajstić information content (AvgIpc) is 2.07. The largest absolute Gasteiger partial charge is 0.414 e. The van der Waals surface area contributed by atoms with Gasteiger partial charge in [-0.1, -0.05) is 34.1 Å². The van der Waals surface area contributed by atoms with Crippen molar-refractivity contribution >= 4 is 15.9 Å². The van der Waals surface area contributed by atoms with Gasteiger partial charge in [0.25, 0.3) is 0 Å². The summed E-state index contributed by atoms with van der Waals surface area (Å²) in [6.45, 7) is 0. The summed E-state index contributed by atoms with van der Waals surface area (Å²) >= 11 is 3.11.